The Morgan fingerprint density at radius 2 is 2.13 bits per heavy atom. The summed E-state index contributed by atoms with van der Waals surface area (Å²) in [5.74, 6) is 0.768. The lowest BCUT2D eigenvalue weighted by Crippen LogP contribution is -2.20. The molecule has 2 N–H and O–H groups in total. The summed E-state index contributed by atoms with van der Waals surface area (Å²) in [4.78, 5) is 11.2. The van der Waals surface area contributed by atoms with Gasteiger partial charge in [-0.05, 0) is 31.2 Å². The van der Waals surface area contributed by atoms with Gasteiger partial charge in [-0.25, -0.2) is 4.79 Å². The van der Waals surface area contributed by atoms with Gasteiger partial charge in [0.2, 0.25) is 0 Å². The molecular weight excluding hydrogens is 192 g/mol. The van der Waals surface area contributed by atoms with Crippen molar-refractivity contribution in [3.05, 3.63) is 30.0 Å². The molecule has 1 heterocycles. The lowest BCUT2D eigenvalue weighted by Gasteiger charge is -2.02. The fraction of sp³-hybridized carbons (Fsp3) is 0.182. The molecule has 0 aliphatic rings. The number of hydrogen-bond acceptors (Lipinski definition) is 2. The second-order valence-corrected chi connectivity index (χ2v) is 3.38. The number of methoxy groups -OCH3 is 1. The van der Waals surface area contributed by atoms with Gasteiger partial charge in [0.25, 0.3) is 0 Å². The van der Waals surface area contributed by atoms with Gasteiger partial charge >= 0.3 is 6.03 Å². The molecule has 0 spiro atoms. The third-order valence-electron chi connectivity index (χ3n) is 2.41. The Labute approximate surface area is 87.2 Å². The van der Waals surface area contributed by atoms with Crippen molar-refractivity contribution in [2.24, 2.45) is 5.73 Å². The first-order valence-electron chi connectivity index (χ1n) is 4.59. The first kappa shape index (κ1) is 9.58. The Balaban J connectivity index is 2.74. The zero-order valence-electron chi connectivity index (χ0n) is 8.65. The minimum Gasteiger partial charge on any atom is -0.497 e. The molecule has 0 fully saturated rings. The zero-order chi connectivity index (χ0) is 11.0. The van der Waals surface area contributed by atoms with Crippen molar-refractivity contribution >= 4 is 16.9 Å². The summed E-state index contributed by atoms with van der Waals surface area (Å²) in [6.45, 7) is 1.84. The van der Waals surface area contributed by atoms with E-state index in [0.29, 0.717) is 0 Å². The predicted octanol–water partition coefficient (Wildman–Crippen LogP) is 1.89. The van der Waals surface area contributed by atoms with Crippen LogP contribution in [0.4, 0.5) is 4.79 Å². The number of nitrogens with two attached hydrogens (primary N) is 1. The summed E-state index contributed by atoms with van der Waals surface area (Å²) in [6, 6.07) is 6.95. The lowest BCUT2D eigenvalue weighted by molar-refractivity contribution is 0.251. The van der Waals surface area contributed by atoms with Crippen molar-refractivity contribution in [1.29, 1.82) is 0 Å². The van der Waals surface area contributed by atoms with E-state index in [1.54, 1.807) is 13.2 Å². The van der Waals surface area contributed by atoms with E-state index in [1.807, 2.05) is 25.1 Å². The van der Waals surface area contributed by atoms with Crippen LogP contribution in [-0.2, 0) is 0 Å². The molecule has 78 valence electrons. The molecule has 0 unspecified atom stereocenters. The highest BCUT2D eigenvalue weighted by Gasteiger charge is 2.09. The van der Waals surface area contributed by atoms with E-state index in [2.05, 4.69) is 0 Å². The van der Waals surface area contributed by atoms with Crippen LogP contribution < -0.4 is 10.5 Å². The number of aromatic nitrogens is 1. The topological polar surface area (TPSA) is 57.2 Å². The maximum Gasteiger partial charge on any atom is 0.323 e. The van der Waals surface area contributed by atoms with Crippen LogP contribution in [0, 0.1) is 6.92 Å². The predicted molar refractivity (Wildman–Crippen MR) is 58.2 cm³/mol. The highest BCUT2D eigenvalue weighted by atomic mass is 16.5. The number of aryl methyl sites for hydroxylation is 1. The molecule has 0 saturated carbocycles. The number of rotatable bonds is 1. The number of carbonyl (C=O) groups excluding carboxylic acids is 1. The molecule has 2 rings (SSSR count). The highest BCUT2D eigenvalue weighted by Crippen LogP contribution is 2.23. The van der Waals surface area contributed by atoms with Crippen molar-refractivity contribution in [2.75, 3.05) is 7.11 Å². The molecule has 0 bridgehead atoms. The average Bonchev–Trinajstić information content (AvgIpc) is 2.52. The van der Waals surface area contributed by atoms with Crippen molar-refractivity contribution in [3.8, 4) is 5.75 Å². The van der Waals surface area contributed by atoms with Gasteiger partial charge in [-0.3, -0.25) is 4.57 Å². The SMILES string of the molecule is COc1ccc2c(c1)cc(C)n2C(N)=O. The fourth-order valence-electron chi connectivity index (χ4n) is 1.75. The van der Waals surface area contributed by atoms with Crippen molar-refractivity contribution < 1.29 is 9.53 Å². The van der Waals surface area contributed by atoms with Crippen LogP contribution in [0.25, 0.3) is 10.9 Å². The first-order valence-corrected chi connectivity index (χ1v) is 4.59. The second kappa shape index (κ2) is 3.31. The summed E-state index contributed by atoms with van der Waals surface area (Å²) in [6.07, 6.45) is 0. The zero-order valence-corrected chi connectivity index (χ0v) is 8.65. The van der Waals surface area contributed by atoms with Crippen LogP contribution in [-0.4, -0.2) is 17.7 Å². The van der Waals surface area contributed by atoms with E-state index in [1.165, 1.54) is 4.57 Å². The molecule has 4 nitrogen and oxygen atoms in total. The third-order valence-corrected chi connectivity index (χ3v) is 2.41. The quantitative estimate of drug-likeness (QED) is 0.771. The molecule has 1 aromatic heterocycles. The monoisotopic (exact) mass is 204 g/mol. The molecule has 4 heteroatoms. The summed E-state index contributed by atoms with van der Waals surface area (Å²) < 4.78 is 6.59. The lowest BCUT2D eigenvalue weighted by atomic mass is 10.2. The van der Waals surface area contributed by atoms with E-state index in [4.69, 9.17) is 10.5 Å². The van der Waals surface area contributed by atoms with Gasteiger partial charge in [0.05, 0.1) is 12.6 Å². The number of fused-ring (bicyclic) bond motifs is 1. The van der Waals surface area contributed by atoms with Gasteiger partial charge < -0.3 is 10.5 Å². The largest absolute Gasteiger partial charge is 0.497 e. The van der Waals surface area contributed by atoms with Crippen molar-refractivity contribution in [1.82, 2.24) is 4.57 Å². The number of amides is 1. The number of nitrogens with zero attached hydrogens (tertiary/aromatic N) is 1. The maximum absolute atomic E-state index is 11.2. The fourth-order valence-corrected chi connectivity index (χ4v) is 1.75. The Morgan fingerprint density at radius 3 is 2.73 bits per heavy atom. The van der Waals surface area contributed by atoms with Gasteiger partial charge in [0.15, 0.2) is 0 Å². The van der Waals surface area contributed by atoms with Gasteiger partial charge in [-0.15, -0.1) is 0 Å². The molecule has 1 aromatic carbocycles. The van der Waals surface area contributed by atoms with Crippen LogP contribution in [0.15, 0.2) is 24.3 Å². The Hall–Kier alpha value is -1.97. The number of hydrogen-bond donors (Lipinski definition) is 1. The minimum absolute atomic E-state index is 0.465. The standard InChI is InChI=1S/C11H12N2O2/c1-7-5-8-6-9(15-2)3-4-10(8)13(7)11(12)14/h3-6H,1-2H3,(H2,12,14). The number of benzene rings is 1. The van der Waals surface area contributed by atoms with E-state index in [9.17, 15) is 4.79 Å². The van der Waals surface area contributed by atoms with Crippen LogP contribution in [0.2, 0.25) is 0 Å². The van der Waals surface area contributed by atoms with Crippen LogP contribution in [0.1, 0.15) is 5.69 Å². The average molecular weight is 204 g/mol. The number of ether oxygens (including phenoxy) is 1. The van der Waals surface area contributed by atoms with Gasteiger partial charge in [-0.2, -0.15) is 0 Å². The molecular formula is C11H12N2O2. The normalized spacial score (nSPS) is 10.5. The Morgan fingerprint density at radius 1 is 1.40 bits per heavy atom. The van der Waals surface area contributed by atoms with Crippen molar-refractivity contribution in [3.63, 3.8) is 0 Å². The molecule has 0 aliphatic carbocycles. The molecule has 0 radical (unpaired) electrons. The Bertz CT molecular complexity index is 529. The van der Waals surface area contributed by atoms with E-state index in [0.717, 1.165) is 22.3 Å². The molecule has 0 saturated heterocycles. The van der Waals surface area contributed by atoms with Gasteiger partial charge in [0, 0.05) is 11.1 Å². The number of primary amides is 1. The smallest absolute Gasteiger partial charge is 0.323 e. The molecule has 15 heavy (non-hydrogen) atoms. The van der Waals surface area contributed by atoms with Crippen molar-refractivity contribution in [2.45, 2.75) is 6.92 Å². The summed E-state index contributed by atoms with van der Waals surface area (Å²) in [7, 11) is 1.61. The van der Waals surface area contributed by atoms with Crippen LogP contribution in [0.3, 0.4) is 0 Å². The van der Waals surface area contributed by atoms with Crippen LogP contribution in [0.5, 0.6) is 5.75 Å². The first-order chi connectivity index (χ1) is 7.13. The van der Waals surface area contributed by atoms with Crippen LogP contribution >= 0.6 is 0 Å². The Kier molecular flexibility index (Phi) is 2.11. The van der Waals surface area contributed by atoms with E-state index >= 15 is 0 Å². The van der Waals surface area contributed by atoms with Gasteiger partial charge in [0.1, 0.15) is 5.75 Å². The second-order valence-electron chi connectivity index (χ2n) is 3.38. The number of carbonyl (C=O) groups is 1. The molecule has 0 atom stereocenters. The third kappa shape index (κ3) is 1.44. The summed E-state index contributed by atoms with van der Waals surface area (Å²) in [5, 5.41) is 0.950. The summed E-state index contributed by atoms with van der Waals surface area (Å²) in [5.41, 5.74) is 6.92. The molecule has 2 aromatic rings. The highest BCUT2D eigenvalue weighted by molar-refractivity contribution is 5.92. The summed E-state index contributed by atoms with van der Waals surface area (Å²) >= 11 is 0. The maximum atomic E-state index is 11.2. The molecule has 1 amide bonds. The van der Waals surface area contributed by atoms with E-state index in [-0.39, 0.29) is 0 Å². The molecule has 0 aliphatic heterocycles. The minimum atomic E-state index is -0.465. The van der Waals surface area contributed by atoms with Gasteiger partial charge in [-0.1, -0.05) is 0 Å². The van der Waals surface area contributed by atoms with E-state index < -0.39 is 6.03 Å².